The number of hydrogen-bond acceptors (Lipinski definition) is 4. The van der Waals surface area contributed by atoms with E-state index in [9.17, 15) is 18.0 Å². The summed E-state index contributed by atoms with van der Waals surface area (Å²) in [6.07, 6.45) is -4.60. The second kappa shape index (κ2) is 6.51. The Hall–Kier alpha value is -3.36. The maximum atomic E-state index is 13.0. The van der Waals surface area contributed by atoms with E-state index in [1.54, 1.807) is 18.2 Å². The molecule has 0 bridgehead atoms. The Kier molecular flexibility index (Phi) is 4.37. The normalized spacial score (nSPS) is 11.4. The Labute approximate surface area is 146 Å². The van der Waals surface area contributed by atoms with E-state index in [1.165, 1.54) is 16.8 Å². The lowest BCUT2D eigenvalue weighted by molar-refractivity contribution is -0.136. The van der Waals surface area contributed by atoms with Crippen LogP contribution in [-0.2, 0) is 6.18 Å². The maximum Gasteiger partial charge on any atom is 0.418 e. The quantitative estimate of drug-likeness (QED) is 0.748. The maximum absolute atomic E-state index is 13.0. The summed E-state index contributed by atoms with van der Waals surface area (Å²) in [5.74, 6) is -0.948. The Morgan fingerprint density at radius 1 is 1.15 bits per heavy atom. The minimum Gasteiger partial charge on any atom is -0.382 e. The van der Waals surface area contributed by atoms with E-state index >= 15 is 0 Å². The van der Waals surface area contributed by atoms with Gasteiger partial charge in [-0.05, 0) is 36.8 Å². The lowest BCUT2D eigenvalue weighted by atomic mass is 10.1. The van der Waals surface area contributed by atoms with Crippen LogP contribution in [0.25, 0.3) is 5.69 Å². The zero-order valence-electron chi connectivity index (χ0n) is 13.6. The molecule has 0 aliphatic carbocycles. The highest BCUT2D eigenvalue weighted by molar-refractivity contribution is 6.06. The van der Waals surface area contributed by atoms with Crippen LogP contribution in [0.3, 0.4) is 0 Å². The number of benzene rings is 2. The van der Waals surface area contributed by atoms with Gasteiger partial charge in [-0.1, -0.05) is 29.5 Å². The van der Waals surface area contributed by atoms with Crippen LogP contribution < -0.4 is 11.1 Å². The molecule has 3 rings (SSSR count). The number of anilines is 2. The molecule has 0 unspecified atom stereocenters. The zero-order valence-corrected chi connectivity index (χ0v) is 13.6. The molecule has 0 aliphatic heterocycles. The molecule has 0 saturated carbocycles. The number of nitrogens with zero attached hydrogens (tertiary/aromatic N) is 3. The van der Waals surface area contributed by atoms with Crippen molar-refractivity contribution in [3.63, 3.8) is 0 Å². The molecular formula is C17H14F3N5O. The number of aromatic nitrogens is 3. The van der Waals surface area contributed by atoms with Crippen molar-refractivity contribution in [1.29, 1.82) is 0 Å². The number of nitrogen functional groups attached to an aromatic ring is 1. The van der Waals surface area contributed by atoms with Gasteiger partial charge in [0.2, 0.25) is 0 Å². The van der Waals surface area contributed by atoms with Gasteiger partial charge in [0.15, 0.2) is 11.5 Å². The molecular weight excluding hydrogens is 347 g/mol. The van der Waals surface area contributed by atoms with E-state index in [0.29, 0.717) is 5.69 Å². The third kappa shape index (κ3) is 3.37. The van der Waals surface area contributed by atoms with Crippen LogP contribution in [-0.4, -0.2) is 20.9 Å². The number of carbonyl (C=O) groups excluding carboxylic acids is 1. The Morgan fingerprint density at radius 2 is 1.88 bits per heavy atom. The number of amides is 1. The van der Waals surface area contributed by atoms with Crippen LogP contribution in [0.1, 0.15) is 21.6 Å². The number of para-hydroxylation sites is 1. The predicted octanol–water partition coefficient (Wildman–Crippen LogP) is 3.43. The van der Waals surface area contributed by atoms with Crippen molar-refractivity contribution < 1.29 is 18.0 Å². The van der Waals surface area contributed by atoms with Gasteiger partial charge in [-0.15, -0.1) is 5.10 Å². The molecule has 0 aliphatic rings. The van der Waals surface area contributed by atoms with Crippen LogP contribution in [0.4, 0.5) is 24.7 Å². The third-order valence-electron chi connectivity index (χ3n) is 3.65. The predicted molar refractivity (Wildman–Crippen MR) is 89.9 cm³/mol. The van der Waals surface area contributed by atoms with Gasteiger partial charge in [0.25, 0.3) is 5.91 Å². The SMILES string of the molecule is Cc1cccc(-n2nnc(C(=O)Nc3ccccc3C(F)(F)F)c2N)c1. The number of carbonyl (C=O) groups is 1. The smallest absolute Gasteiger partial charge is 0.382 e. The fourth-order valence-electron chi connectivity index (χ4n) is 2.42. The number of rotatable bonds is 3. The number of aryl methyl sites for hydroxylation is 1. The fraction of sp³-hybridized carbons (Fsp3) is 0.118. The highest BCUT2D eigenvalue weighted by Gasteiger charge is 2.34. The molecule has 0 radical (unpaired) electrons. The molecule has 6 nitrogen and oxygen atoms in total. The lowest BCUT2D eigenvalue weighted by Gasteiger charge is -2.13. The molecule has 9 heteroatoms. The molecule has 26 heavy (non-hydrogen) atoms. The second-order valence-corrected chi connectivity index (χ2v) is 5.57. The van der Waals surface area contributed by atoms with Crippen molar-refractivity contribution >= 4 is 17.4 Å². The van der Waals surface area contributed by atoms with Crippen LogP contribution in [0.15, 0.2) is 48.5 Å². The summed E-state index contributed by atoms with van der Waals surface area (Å²) in [6.45, 7) is 1.87. The summed E-state index contributed by atoms with van der Waals surface area (Å²) >= 11 is 0. The first kappa shape index (κ1) is 17.5. The molecule has 0 atom stereocenters. The largest absolute Gasteiger partial charge is 0.418 e. The van der Waals surface area contributed by atoms with Gasteiger partial charge in [-0.25, -0.2) is 0 Å². The molecule has 3 N–H and O–H groups in total. The van der Waals surface area contributed by atoms with Gasteiger partial charge in [-0.3, -0.25) is 4.79 Å². The average molecular weight is 361 g/mol. The van der Waals surface area contributed by atoms with Crippen molar-refractivity contribution in [2.75, 3.05) is 11.1 Å². The summed E-state index contributed by atoms with van der Waals surface area (Å²) < 4.78 is 40.4. The van der Waals surface area contributed by atoms with E-state index in [0.717, 1.165) is 17.7 Å². The van der Waals surface area contributed by atoms with E-state index < -0.39 is 17.6 Å². The van der Waals surface area contributed by atoms with Gasteiger partial charge in [-0.2, -0.15) is 17.9 Å². The van der Waals surface area contributed by atoms with Crippen molar-refractivity contribution in [2.45, 2.75) is 13.1 Å². The molecule has 1 heterocycles. The number of nitrogens with one attached hydrogen (secondary N) is 1. The first-order valence-electron chi connectivity index (χ1n) is 7.53. The Morgan fingerprint density at radius 3 is 2.58 bits per heavy atom. The van der Waals surface area contributed by atoms with Crippen molar-refractivity contribution in [3.05, 3.63) is 65.4 Å². The third-order valence-corrected chi connectivity index (χ3v) is 3.65. The molecule has 2 aromatic carbocycles. The summed E-state index contributed by atoms with van der Waals surface area (Å²) in [5.41, 5.74) is 5.85. The van der Waals surface area contributed by atoms with Gasteiger partial charge in [0.1, 0.15) is 0 Å². The van der Waals surface area contributed by atoms with Gasteiger partial charge >= 0.3 is 6.18 Å². The van der Waals surface area contributed by atoms with E-state index in [2.05, 4.69) is 15.6 Å². The van der Waals surface area contributed by atoms with Crippen molar-refractivity contribution in [2.24, 2.45) is 0 Å². The molecule has 1 aromatic heterocycles. The highest BCUT2D eigenvalue weighted by Crippen LogP contribution is 2.34. The summed E-state index contributed by atoms with van der Waals surface area (Å²) in [7, 11) is 0. The number of alkyl halides is 3. The molecule has 0 spiro atoms. The van der Waals surface area contributed by atoms with Gasteiger partial charge < -0.3 is 11.1 Å². The molecule has 0 fully saturated rings. The van der Waals surface area contributed by atoms with Gasteiger partial charge in [0.05, 0.1) is 16.9 Å². The first-order valence-corrected chi connectivity index (χ1v) is 7.53. The van der Waals surface area contributed by atoms with Crippen LogP contribution in [0.2, 0.25) is 0 Å². The summed E-state index contributed by atoms with van der Waals surface area (Å²) in [5, 5.41) is 9.72. The zero-order chi connectivity index (χ0) is 18.9. The first-order chi connectivity index (χ1) is 12.3. The van der Waals surface area contributed by atoms with Gasteiger partial charge in [0, 0.05) is 0 Å². The molecule has 1 amide bonds. The minimum absolute atomic E-state index is 0.0717. The molecule has 3 aromatic rings. The number of hydrogen-bond donors (Lipinski definition) is 2. The average Bonchev–Trinajstić information content (AvgIpc) is 2.96. The second-order valence-electron chi connectivity index (χ2n) is 5.57. The lowest BCUT2D eigenvalue weighted by Crippen LogP contribution is -2.18. The Bertz CT molecular complexity index is 965. The Balaban J connectivity index is 1.91. The monoisotopic (exact) mass is 361 g/mol. The van der Waals surface area contributed by atoms with Crippen LogP contribution in [0, 0.1) is 6.92 Å². The minimum atomic E-state index is -4.60. The highest BCUT2D eigenvalue weighted by atomic mass is 19.4. The van der Waals surface area contributed by atoms with Crippen LogP contribution >= 0.6 is 0 Å². The van der Waals surface area contributed by atoms with E-state index in [1.807, 2.05) is 13.0 Å². The van der Waals surface area contributed by atoms with Crippen molar-refractivity contribution in [1.82, 2.24) is 15.0 Å². The topological polar surface area (TPSA) is 85.8 Å². The summed E-state index contributed by atoms with van der Waals surface area (Å²) in [4.78, 5) is 12.4. The molecule has 134 valence electrons. The fourth-order valence-corrected chi connectivity index (χ4v) is 2.42. The number of nitrogens with two attached hydrogens (primary N) is 1. The van der Waals surface area contributed by atoms with E-state index in [-0.39, 0.29) is 17.2 Å². The van der Waals surface area contributed by atoms with Crippen molar-refractivity contribution in [3.8, 4) is 5.69 Å². The standard InChI is InChI=1S/C17H14F3N5O/c1-10-5-4-6-11(9-10)25-15(21)14(23-24-25)16(26)22-13-8-3-2-7-12(13)17(18,19)20/h2-9H,21H2,1H3,(H,22,26). The van der Waals surface area contributed by atoms with Crippen LogP contribution in [0.5, 0.6) is 0 Å². The number of halogens is 3. The van der Waals surface area contributed by atoms with E-state index in [4.69, 9.17) is 5.73 Å². The molecule has 0 saturated heterocycles. The summed E-state index contributed by atoms with van der Waals surface area (Å²) in [6, 6.07) is 11.8.